The van der Waals surface area contributed by atoms with Crippen molar-refractivity contribution in [2.75, 3.05) is 6.54 Å². The maximum atomic E-state index is 12.8. The van der Waals surface area contributed by atoms with Gasteiger partial charge in [0.25, 0.3) is 0 Å². The lowest BCUT2D eigenvalue weighted by atomic mass is 9.85. The molecule has 0 fully saturated rings. The monoisotopic (exact) mass is 485 g/mol. The normalized spacial score (nSPS) is 13.6. The molecule has 0 unspecified atom stereocenters. The minimum Gasteiger partial charge on any atom is -0.155 e. The van der Waals surface area contributed by atoms with Crippen molar-refractivity contribution in [3.8, 4) is 0 Å². The van der Waals surface area contributed by atoms with Crippen LogP contribution in [0.4, 0.5) is 26.3 Å². The summed E-state index contributed by atoms with van der Waals surface area (Å²) in [5.41, 5.74) is 4.45. The maximum Gasteiger partial charge on any atom is 0.467 e. The summed E-state index contributed by atoms with van der Waals surface area (Å²) in [5, 5.41) is 2.09. The van der Waals surface area contributed by atoms with Gasteiger partial charge in [-0.2, -0.15) is 26.3 Å². The molecule has 0 bridgehead atoms. The highest BCUT2D eigenvalue weighted by molar-refractivity contribution is 5.98. The van der Waals surface area contributed by atoms with E-state index in [9.17, 15) is 26.3 Å². The molecule has 0 saturated carbocycles. The molecule has 0 saturated heterocycles. The molecule has 1 aliphatic carbocycles. The van der Waals surface area contributed by atoms with E-state index in [2.05, 4.69) is 31.2 Å². The third kappa shape index (κ3) is 6.87. The van der Waals surface area contributed by atoms with Crippen LogP contribution in [0.3, 0.4) is 0 Å². The topological polar surface area (TPSA) is 3.24 Å². The van der Waals surface area contributed by atoms with E-state index >= 15 is 0 Å². The highest BCUT2D eigenvalue weighted by Gasteiger charge is 2.53. The smallest absolute Gasteiger partial charge is 0.155 e. The van der Waals surface area contributed by atoms with Crippen molar-refractivity contribution in [2.45, 2.75) is 78.3 Å². The molecule has 7 heteroatoms. The van der Waals surface area contributed by atoms with Gasteiger partial charge in [-0.1, -0.05) is 75.8 Å². The number of allylic oxidation sites excluding steroid dienone is 2. The van der Waals surface area contributed by atoms with Gasteiger partial charge in [0.15, 0.2) is 0 Å². The number of unbranched alkanes of at least 4 members (excludes halogenated alkanes) is 2. The number of halogens is 6. The Morgan fingerprint density at radius 2 is 1.29 bits per heavy atom. The van der Waals surface area contributed by atoms with Crippen LogP contribution in [-0.4, -0.2) is 24.0 Å². The Bertz CT molecular complexity index is 971. The Hall–Kier alpha value is -2.28. The van der Waals surface area contributed by atoms with Crippen LogP contribution >= 0.6 is 0 Å². The van der Waals surface area contributed by atoms with Gasteiger partial charge >= 0.3 is 12.6 Å². The van der Waals surface area contributed by atoms with E-state index in [1.54, 1.807) is 0 Å². The Morgan fingerprint density at radius 3 is 1.88 bits per heavy atom. The predicted octanol–water partition coefficient (Wildman–Crippen LogP) is 9.30. The van der Waals surface area contributed by atoms with E-state index in [0.717, 1.165) is 58.7 Å². The van der Waals surface area contributed by atoms with Gasteiger partial charge in [-0.15, -0.1) is 4.90 Å². The number of rotatable bonds is 8. The lowest BCUT2D eigenvalue weighted by Gasteiger charge is -2.26. The highest BCUT2D eigenvalue weighted by Crippen LogP contribution is 2.37. The molecule has 0 aliphatic heterocycles. The predicted molar refractivity (Wildman–Crippen MR) is 128 cm³/mol. The van der Waals surface area contributed by atoms with Gasteiger partial charge in [0.2, 0.25) is 0 Å². The summed E-state index contributed by atoms with van der Waals surface area (Å²) >= 11 is 0. The molecule has 188 valence electrons. The second-order valence-corrected chi connectivity index (χ2v) is 8.02. The van der Waals surface area contributed by atoms with Crippen LogP contribution in [0.1, 0.15) is 75.1 Å². The summed E-state index contributed by atoms with van der Waals surface area (Å²) in [7, 11) is 0. The van der Waals surface area contributed by atoms with Crippen LogP contribution in [-0.2, 0) is 12.8 Å². The van der Waals surface area contributed by atoms with Crippen molar-refractivity contribution < 1.29 is 26.3 Å². The average molecular weight is 486 g/mol. The third-order valence-corrected chi connectivity index (χ3v) is 5.81. The Morgan fingerprint density at radius 1 is 0.735 bits per heavy atom. The molecule has 2 aromatic rings. The minimum atomic E-state index is -5.43. The van der Waals surface area contributed by atoms with Gasteiger partial charge in [-0.3, -0.25) is 0 Å². The zero-order valence-corrected chi connectivity index (χ0v) is 20.0. The number of aryl methyl sites for hydroxylation is 1. The molecule has 0 N–H and O–H groups in total. The molecule has 34 heavy (non-hydrogen) atoms. The van der Waals surface area contributed by atoms with Gasteiger partial charge < -0.3 is 0 Å². The van der Waals surface area contributed by atoms with Gasteiger partial charge in [0.05, 0.1) is 0 Å². The second kappa shape index (κ2) is 12.4. The van der Waals surface area contributed by atoms with E-state index in [0.29, 0.717) is 6.42 Å². The first-order valence-electron chi connectivity index (χ1n) is 11.9. The Kier molecular flexibility index (Phi) is 10.2. The molecule has 0 radical (unpaired) electrons. The van der Waals surface area contributed by atoms with Crippen molar-refractivity contribution in [1.29, 1.82) is 0 Å². The van der Waals surface area contributed by atoms with E-state index in [1.165, 1.54) is 0 Å². The van der Waals surface area contributed by atoms with Crippen LogP contribution in [0, 0.1) is 0 Å². The summed E-state index contributed by atoms with van der Waals surface area (Å²) in [6, 6.07) is 7.90. The zero-order chi connectivity index (χ0) is 25.4. The molecule has 3 rings (SSSR count). The van der Waals surface area contributed by atoms with Gasteiger partial charge in [-0.25, -0.2) is 0 Å². The molecule has 0 aromatic heterocycles. The number of alkyl halides is 6. The lowest BCUT2D eigenvalue weighted by Crippen LogP contribution is -2.48. The van der Waals surface area contributed by atoms with Crippen LogP contribution in [0.2, 0.25) is 0 Å². The number of benzene rings is 2. The maximum absolute atomic E-state index is 12.8. The number of hydrogen-bond donors (Lipinski definition) is 0. The first kappa shape index (κ1) is 28.0. The number of hydrogen-bond acceptors (Lipinski definition) is 1. The van der Waals surface area contributed by atoms with Gasteiger partial charge in [0, 0.05) is 6.54 Å². The zero-order valence-electron chi connectivity index (χ0n) is 20.0. The van der Waals surface area contributed by atoms with Crippen molar-refractivity contribution >= 4 is 22.9 Å². The Balaban J connectivity index is 0.00000199. The largest absolute Gasteiger partial charge is 0.467 e. The summed E-state index contributed by atoms with van der Waals surface area (Å²) < 4.78 is 76.8. The van der Waals surface area contributed by atoms with Gasteiger partial charge in [-0.05, 0) is 71.6 Å². The first-order chi connectivity index (χ1) is 16.1. The summed E-state index contributed by atoms with van der Waals surface area (Å²) in [6.07, 6.45) is 1.61. The van der Waals surface area contributed by atoms with Crippen molar-refractivity contribution in [2.24, 2.45) is 0 Å². The highest BCUT2D eigenvalue weighted by atomic mass is 19.4. The van der Waals surface area contributed by atoms with Crippen LogP contribution in [0.25, 0.3) is 22.9 Å². The summed E-state index contributed by atoms with van der Waals surface area (Å²) in [6.45, 7) is 5.00. The quantitative estimate of drug-likeness (QED) is 0.205. The fraction of sp³-hybridized carbons (Fsp3) is 0.481. The van der Waals surface area contributed by atoms with E-state index in [-0.39, 0.29) is 12.8 Å². The van der Waals surface area contributed by atoms with E-state index < -0.39 is 24.0 Å². The van der Waals surface area contributed by atoms with Crippen molar-refractivity contribution in [1.82, 2.24) is 4.90 Å². The van der Waals surface area contributed by atoms with E-state index in [1.807, 2.05) is 38.1 Å². The fourth-order valence-electron chi connectivity index (χ4n) is 4.33. The molecule has 0 heterocycles. The summed E-state index contributed by atoms with van der Waals surface area (Å²) in [4.78, 5) is -1.33. The average Bonchev–Trinajstić information content (AvgIpc) is 3.04. The fourth-order valence-corrected chi connectivity index (χ4v) is 4.33. The molecule has 1 nitrogen and oxygen atoms in total. The first-order valence-corrected chi connectivity index (χ1v) is 11.9. The molecule has 0 spiro atoms. The molecular weight excluding hydrogens is 452 g/mol. The third-order valence-electron chi connectivity index (χ3n) is 5.81. The number of fused-ring (bicyclic) bond motifs is 3. The molecule has 0 amide bonds. The Labute approximate surface area is 198 Å². The lowest BCUT2D eigenvalue weighted by molar-refractivity contribution is -0.372. The minimum absolute atomic E-state index is 0.201. The van der Waals surface area contributed by atoms with Crippen LogP contribution in [0.5, 0.6) is 0 Å². The number of nitrogens with zero attached hydrogens (tertiary/aromatic N) is 1. The molecule has 1 aliphatic rings. The summed E-state index contributed by atoms with van der Waals surface area (Å²) in [5.74, 6) is 0. The second-order valence-electron chi connectivity index (χ2n) is 8.02. The van der Waals surface area contributed by atoms with Crippen molar-refractivity contribution in [3.63, 3.8) is 0 Å². The molecular formula is C27H33F6N. The molecule has 0 atom stereocenters. The van der Waals surface area contributed by atoms with Gasteiger partial charge in [0.1, 0.15) is 0 Å². The molecule has 2 aromatic carbocycles. The SMILES string of the molecule is CC.CCCCc1c2c(c3ccccc3c1CCCCN(C(F)(F)F)C(F)(F)F)C=CCC=C2. The van der Waals surface area contributed by atoms with Crippen LogP contribution in [0.15, 0.2) is 36.4 Å². The van der Waals surface area contributed by atoms with Crippen LogP contribution < -0.4 is 0 Å². The van der Waals surface area contributed by atoms with Crippen molar-refractivity contribution in [3.05, 3.63) is 58.7 Å². The van der Waals surface area contributed by atoms with E-state index in [4.69, 9.17) is 0 Å². The standard InChI is InChI=1S/C25H27F6N.C2H6/c1-2-3-11-18-19-12-5-4-6-13-20(19)21-14-7-8-15-22(21)23(18)16-9-10-17-32(24(26,27)28)25(29,30)31;1-2/h5-8,12-15H,2-4,9-11,16-17H2,1H3;1-2H3.